The van der Waals surface area contributed by atoms with Gasteiger partial charge in [-0.25, -0.2) is 0 Å². The summed E-state index contributed by atoms with van der Waals surface area (Å²) in [6.45, 7) is 0.219. The maximum atomic E-state index is 10.9. The van der Waals surface area contributed by atoms with E-state index in [0.29, 0.717) is 6.04 Å². The van der Waals surface area contributed by atoms with Crippen LogP contribution in [0.3, 0.4) is 0 Å². The number of rotatable bonds is 3. The number of hydrogen-bond acceptors (Lipinski definition) is 3. The summed E-state index contributed by atoms with van der Waals surface area (Å²) in [7, 11) is 0. The van der Waals surface area contributed by atoms with Crippen LogP contribution in [0.4, 0.5) is 0 Å². The Balaban J connectivity index is 2.13. The molecule has 11 heavy (non-hydrogen) atoms. The summed E-state index contributed by atoms with van der Waals surface area (Å²) in [4.78, 5) is 10.9. The molecule has 0 aromatic rings. The maximum absolute atomic E-state index is 10.9. The van der Waals surface area contributed by atoms with Gasteiger partial charge >= 0.3 is 0 Å². The second kappa shape index (κ2) is 4.31. The first-order valence-corrected chi connectivity index (χ1v) is 4.06. The molecule has 4 N–H and O–H groups in total. The molecule has 0 spiro atoms. The van der Waals surface area contributed by atoms with E-state index in [-0.39, 0.29) is 12.5 Å². The van der Waals surface area contributed by atoms with Gasteiger partial charge in [0.05, 0.1) is 6.54 Å². The Kier molecular flexibility index (Phi) is 3.32. The van der Waals surface area contributed by atoms with Gasteiger partial charge in [0.2, 0.25) is 5.91 Å². The average Bonchev–Trinajstić information content (AvgIpc) is 2.40. The molecule has 1 aliphatic rings. The van der Waals surface area contributed by atoms with Gasteiger partial charge in [0.25, 0.3) is 0 Å². The van der Waals surface area contributed by atoms with Gasteiger partial charge < -0.3 is 5.32 Å². The Labute approximate surface area is 66.5 Å². The highest BCUT2D eigenvalue weighted by Crippen LogP contribution is 2.17. The van der Waals surface area contributed by atoms with Crippen molar-refractivity contribution in [1.29, 1.82) is 0 Å². The molecule has 1 fully saturated rings. The molecule has 0 unspecified atom stereocenters. The van der Waals surface area contributed by atoms with Crippen LogP contribution in [0.1, 0.15) is 25.7 Å². The third-order valence-corrected chi connectivity index (χ3v) is 1.98. The Morgan fingerprint density at radius 3 is 2.64 bits per heavy atom. The van der Waals surface area contributed by atoms with Crippen molar-refractivity contribution in [3.63, 3.8) is 0 Å². The molecule has 0 aliphatic heterocycles. The topological polar surface area (TPSA) is 67.1 Å². The quantitative estimate of drug-likeness (QED) is 0.382. The lowest BCUT2D eigenvalue weighted by Gasteiger charge is -2.10. The Morgan fingerprint density at radius 2 is 2.09 bits per heavy atom. The fourth-order valence-electron chi connectivity index (χ4n) is 1.44. The average molecular weight is 157 g/mol. The molecule has 0 bridgehead atoms. The lowest BCUT2D eigenvalue weighted by Crippen LogP contribution is -2.41. The molecule has 1 saturated carbocycles. The summed E-state index contributed by atoms with van der Waals surface area (Å²) in [6.07, 6.45) is 4.72. The fourth-order valence-corrected chi connectivity index (χ4v) is 1.44. The minimum atomic E-state index is -0.000556. The van der Waals surface area contributed by atoms with Gasteiger partial charge in [0.15, 0.2) is 0 Å². The van der Waals surface area contributed by atoms with Crippen molar-refractivity contribution in [3.8, 4) is 0 Å². The zero-order valence-electron chi connectivity index (χ0n) is 6.60. The monoisotopic (exact) mass is 157 g/mol. The molecule has 4 heteroatoms. The van der Waals surface area contributed by atoms with Gasteiger partial charge in [-0.3, -0.25) is 16.1 Å². The normalized spacial score (nSPS) is 18.6. The lowest BCUT2D eigenvalue weighted by atomic mass is 10.2. The zero-order chi connectivity index (χ0) is 8.10. The molecular formula is C7H15N3O. The largest absolute Gasteiger partial charge is 0.352 e. The summed E-state index contributed by atoms with van der Waals surface area (Å²) in [5.74, 6) is 4.99. The fraction of sp³-hybridized carbons (Fsp3) is 0.857. The van der Waals surface area contributed by atoms with Gasteiger partial charge in [-0.05, 0) is 12.8 Å². The van der Waals surface area contributed by atoms with Crippen LogP contribution in [-0.4, -0.2) is 18.5 Å². The van der Waals surface area contributed by atoms with Gasteiger partial charge in [-0.2, -0.15) is 0 Å². The molecule has 0 aromatic heterocycles. The van der Waals surface area contributed by atoms with Gasteiger partial charge in [0, 0.05) is 6.04 Å². The van der Waals surface area contributed by atoms with Crippen molar-refractivity contribution < 1.29 is 4.79 Å². The maximum Gasteiger partial charge on any atom is 0.235 e. The highest BCUT2D eigenvalue weighted by Gasteiger charge is 2.16. The predicted octanol–water partition coefficient (Wildman–Crippen LogP) is -0.492. The predicted molar refractivity (Wildman–Crippen MR) is 42.6 cm³/mol. The van der Waals surface area contributed by atoms with Crippen LogP contribution in [-0.2, 0) is 4.79 Å². The first kappa shape index (κ1) is 8.49. The van der Waals surface area contributed by atoms with E-state index in [0.717, 1.165) is 12.8 Å². The Hall–Kier alpha value is -0.610. The zero-order valence-corrected chi connectivity index (χ0v) is 6.60. The number of hydrogen-bond donors (Lipinski definition) is 3. The van der Waals surface area contributed by atoms with E-state index in [9.17, 15) is 4.79 Å². The van der Waals surface area contributed by atoms with Crippen molar-refractivity contribution in [1.82, 2.24) is 10.7 Å². The SMILES string of the molecule is NNCC(=O)NC1CCCC1. The molecule has 1 rings (SSSR count). The summed E-state index contributed by atoms with van der Waals surface area (Å²) < 4.78 is 0. The first-order valence-electron chi connectivity index (χ1n) is 4.06. The Morgan fingerprint density at radius 1 is 1.45 bits per heavy atom. The van der Waals surface area contributed by atoms with E-state index >= 15 is 0 Å². The third kappa shape index (κ3) is 2.86. The number of carbonyl (C=O) groups is 1. The highest BCUT2D eigenvalue weighted by molar-refractivity contribution is 5.78. The van der Waals surface area contributed by atoms with Gasteiger partial charge in [0.1, 0.15) is 0 Å². The molecule has 64 valence electrons. The summed E-state index contributed by atoms with van der Waals surface area (Å²) >= 11 is 0. The summed E-state index contributed by atoms with van der Waals surface area (Å²) in [5.41, 5.74) is 2.33. The number of nitrogens with one attached hydrogen (secondary N) is 2. The van der Waals surface area contributed by atoms with Gasteiger partial charge in [-0.15, -0.1) is 0 Å². The second-order valence-corrected chi connectivity index (χ2v) is 2.93. The minimum absolute atomic E-state index is 0.000556. The van der Waals surface area contributed by atoms with Crippen LogP contribution in [0.2, 0.25) is 0 Å². The van der Waals surface area contributed by atoms with E-state index < -0.39 is 0 Å². The number of nitrogens with two attached hydrogens (primary N) is 1. The number of amides is 1. The van der Waals surface area contributed by atoms with E-state index in [4.69, 9.17) is 5.84 Å². The van der Waals surface area contributed by atoms with Crippen molar-refractivity contribution in [2.45, 2.75) is 31.7 Å². The number of carbonyl (C=O) groups excluding carboxylic acids is 1. The van der Waals surface area contributed by atoms with Crippen LogP contribution < -0.4 is 16.6 Å². The van der Waals surface area contributed by atoms with Crippen molar-refractivity contribution in [3.05, 3.63) is 0 Å². The van der Waals surface area contributed by atoms with Crippen molar-refractivity contribution >= 4 is 5.91 Å². The standard InChI is InChI=1S/C7H15N3O/c8-9-5-7(11)10-6-3-1-2-4-6/h6,9H,1-5,8H2,(H,10,11). The second-order valence-electron chi connectivity index (χ2n) is 2.93. The van der Waals surface area contributed by atoms with E-state index in [1.54, 1.807) is 0 Å². The van der Waals surface area contributed by atoms with Crippen LogP contribution >= 0.6 is 0 Å². The van der Waals surface area contributed by atoms with Crippen LogP contribution in [0, 0.1) is 0 Å². The molecular weight excluding hydrogens is 142 g/mol. The van der Waals surface area contributed by atoms with Gasteiger partial charge in [-0.1, -0.05) is 12.8 Å². The molecule has 0 radical (unpaired) electrons. The molecule has 1 aliphatic carbocycles. The molecule has 0 aromatic carbocycles. The van der Waals surface area contributed by atoms with E-state index in [2.05, 4.69) is 10.7 Å². The molecule has 0 saturated heterocycles. The number of hydrazine groups is 1. The highest BCUT2D eigenvalue weighted by atomic mass is 16.2. The van der Waals surface area contributed by atoms with Crippen LogP contribution in [0.25, 0.3) is 0 Å². The molecule has 1 amide bonds. The molecule has 0 heterocycles. The van der Waals surface area contributed by atoms with Crippen molar-refractivity contribution in [2.75, 3.05) is 6.54 Å². The minimum Gasteiger partial charge on any atom is -0.352 e. The summed E-state index contributed by atoms with van der Waals surface area (Å²) in [5, 5.41) is 2.90. The first-order chi connectivity index (χ1) is 5.33. The molecule has 0 atom stereocenters. The summed E-state index contributed by atoms with van der Waals surface area (Å²) in [6, 6.07) is 0.399. The molecule has 4 nitrogen and oxygen atoms in total. The lowest BCUT2D eigenvalue weighted by molar-refractivity contribution is -0.120. The Bertz CT molecular complexity index is 132. The smallest absolute Gasteiger partial charge is 0.235 e. The van der Waals surface area contributed by atoms with Crippen LogP contribution in [0.5, 0.6) is 0 Å². The van der Waals surface area contributed by atoms with E-state index in [1.807, 2.05) is 0 Å². The van der Waals surface area contributed by atoms with E-state index in [1.165, 1.54) is 12.8 Å². The van der Waals surface area contributed by atoms with Crippen LogP contribution in [0.15, 0.2) is 0 Å². The third-order valence-electron chi connectivity index (χ3n) is 1.98. The van der Waals surface area contributed by atoms with Crippen molar-refractivity contribution in [2.24, 2.45) is 5.84 Å².